The van der Waals surface area contributed by atoms with Crippen molar-refractivity contribution in [1.82, 2.24) is 4.90 Å². The van der Waals surface area contributed by atoms with E-state index in [-0.39, 0.29) is 23.9 Å². The molecule has 1 aliphatic heterocycles. The van der Waals surface area contributed by atoms with Gasteiger partial charge in [0, 0.05) is 19.0 Å². The summed E-state index contributed by atoms with van der Waals surface area (Å²) in [7, 11) is 0. The molecule has 1 fully saturated rings. The molecule has 0 bridgehead atoms. The Kier molecular flexibility index (Phi) is 6.13. The van der Waals surface area contributed by atoms with Crippen LogP contribution in [0.4, 0.5) is 0 Å². The number of carbonyl (C=O) groups is 1. The van der Waals surface area contributed by atoms with E-state index in [4.69, 9.17) is 0 Å². The highest BCUT2D eigenvalue weighted by molar-refractivity contribution is 5.79. The van der Waals surface area contributed by atoms with Crippen molar-refractivity contribution in [3.8, 4) is 0 Å². The second-order valence-corrected chi connectivity index (χ2v) is 5.94. The number of nitrogens with zero attached hydrogens (tertiary/aromatic N) is 1. The molecule has 1 aliphatic rings. The fourth-order valence-corrected chi connectivity index (χ4v) is 2.94. The molecule has 3 heteroatoms. The third-order valence-corrected chi connectivity index (χ3v) is 4.24. The molecule has 2 unspecified atom stereocenters. The van der Waals surface area contributed by atoms with Gasteiger partial charge in [-0.1, -0.05) is 40.5 Å². The summed E-state index contributed by atoms with van der Waals surface area (Å²) in [5.74, 6) is 0.874. The molecule has 0 aromatic heterocycles. The highest BCUT2D eigenvalue weighted by atomic mass is 16.3. The molecule has 0 aromatic rings. The van der Waals surface area contributed by atoms with Crippen LogP contribution in [0.15, 0.2) is 0 Å². The zero-order valence-corrected chi connectivity index (χ0v) is 12.4. The number of hydrogen-bond donors (Lipinski definition) is 1. The third-order valence-electron chi connectivity index (χ3n) is 4.24. The van der Waals surface area contributed by atoms with Crippen molar-refractivity contribution in [3.05, 3.63) is 0 Å². The van der Waals surface area contributed by atoms with Gasteiger partial charge in [0.25, 0.3) is 0 Å². The number of amides is 1. The maximum Gasteiger partial charge on any atom is 0.225 e. The van der Waals surface area contributed by atoms with E-state index >= 15 is 0 Å². The summed E-state index contributed by atoms with van der Waals surface area (Å²) in [6.45, 7) is 9.77. The molecule has 0 radical (unpaired) electrons. The molecule has 0 aromatic carbocycles. The van der Waals surface area contributed by atoms with Gasteiger partial charge in [-0.15, -0.1) is 0 Å². The molecule has 1 N–H and O–H groups in total. The predicted octanol–water partition coefficient (Wildman–Crippen LogP) is 2.68. The van der Waals surface area contributed by atoms with E-state index in [2.05, 4.69) is 13.8 Å². The van der Waals surface area contributed by atoms with Crippen LogP contribution in [-0.4, -0.2) is 35.1 Å². The van der Waals surface area contributed by atoms with Crippen molar-refractivity contribution in [1.29, 1.82) is 0 Å². The van der Waals surface area contributed by atoms with Crippen LogP contribution in [0.25, 0.3) is 0 Å². The largest absolute Gasteiger partial charge is 0.392 e. The average Bonchev–Trinajstić information content (AvgIpc) is 2.36. The van der Waals surface area contributed by atoms with Gasteiger partial charge in [0.2, 0.25) is 5.91 Å². The molecule has 18 heavy (non-hydrogen) atoms. The van der Waals surface area contributed by atoms with Crippen LogP contribution in [0, 0.1) is 17.8 Å². The van der Waals surface area contributed by atoms with E-state index in [1.54, 1.807) is 0 Å². The first-order chi connectivity index (χ1) is 8.51. The minimum absolute atomic E-state index is 0.180. The number of aliphatic hydroxyl groups is 1. The molecule has 106 valence electrons. The molecule has 3 nitrogen and oxygen atoms in total. The van der Waals surface area contributed by atoms with Crippen molar-refractivity contribution < 1.29 is 9.90 Å². The molecule has 0 saturated carbocycles. The molecule has 1 saturated heterocycles. The second-order valence-electron chi connectivity index (χ2n) is 5.94. The summed E-state index contributed by atoms with van der Waals surface area (Å²) >= 11 is 0. The van der Waals surface area contributed by atoms with Crippen molar-refractivity contribution in [2.75, 3.05) is 13.1 Å². The first-order valence-electron chi connectivity index (χ1n) is 7.48. The van der Waals surface area contributed by atoms with E-state index in [0.29, 0.717) is 19.0 Å². The summed E-state index contributed by atoms with van der Waals surface area (Å²) in [5, 5.41) is 9.95. The van der Waals surface area contributed by atoms with Crippen molar-refractivity contribution in [2.45, 2.75) is 59.5 Å². The summed E-state index contributed by atoms with van der Waals surface area (Å²) in [5.41, 5.74) is 0. The van der Waals surface area contributed by atoms with Crippen LogP contribution >= 0.6 is 0 Å². The van der Waals surface area contributed by atoms with Gasteiger partial charge < -0.3 is 10.0 Å². The molecular formula is C15H29NO2. The number of hydrogen-bond acceptors (Lipinski definition) is 2. The lowest BCUT2D eigenvalue weighted by Gasteiger charge is -2.40. The maximum absolute atomic E-state index is 12.5. The second kappa shape index (κ2) is 7.13. The highest BCUT2D eigenvalue weighted by Gasteiger charge is 2.34. The Balaban J connectivity index is 2.59. The van der Waals surface area contributed by atoms with Gasteiger partial charge in [0.1, 0.15) is 0 Å². The van der Waals surface area contributed by atoms with E-state index in [1.807, 2.05) is 18.7 Å². The van der Waals surface area contributed by atoms with E-state index < -0.39 is 0 Å². The van der Waals surface area contributed by atoms with Crippen molar-refractivity contribution >= 4 is 5.91 Å². The molecule has 0 aliphatic carbocycles. The minimum atomic E-state index is -0.259. The van der Waals surface area contributed by atoms with Gasteiger partial charge in [-0.05, 0) is 24.7 Å². The summed E-state index contributed by atoms with van der Waals surface area (Å²) in [6.07, 6.45) is 3.96. The van der Waals surface area contributed by atoms with Crippen LogP contribution in [0.5, 0.6) is 0 Å². The Morgan fingerprint density at radius 2 is 1.83 bits per heavy atom. The summed E-state index contributed by atoms with van der Waals surface area (Å²) in [6, 6.07) is 0. The quantitative estimate of drug-likeness (QED) is 0.820. The van der Waals surface area contributed by atoms with Gasteiger partial charge in [0.05, 0.1) is 6.10 Å². The van der Waals surface area contributed by atoms with Crippen LogP contribution in [0.2, 0.25) is 0 Å². The van der Waals surface area contributed by atoms with Gasteiger partial charge in [0.15, 0.2) is 0 Å². The van der Waals surface area contributed by atoms with Gasteiger partial charge >= 0.3 is 0 Å². The Morgan fingerprint density at radius 1 is 1.28 bits per heavy atom. The Labute approximate surface area is 112 Å². The Morgan fingerprint density at radius 3 is 2.28 bits per heavy atom. The number of rotatable bonds is 5. The zero-order valence-electron chi connectivity index (χ0n) is 12.4. The smallest absolute Gasteiger partial charge is 0.225 e. The molecule has 1 amide bonds. The van der Waals surface area contributed by atoms with Crippen LogP contribution in [0.3, 0.4) is 0 Å². The van der Waals surface area contributed by atoms with Gasteiger partial charge in [-0.25, -0.2) is 0 Å². The standard InChI is InChI=1S/C15H29NO2/c1-5-7-8-13(6-2)15(18)16-9-11(3)14(17)12(4)10-16/h11-14,17H,5-10H2,1-4H3/t11-,12?,13+,14?/m0/s1. The third kappa shape index (κ3) is 3.71. The summed E-state index contributed by atoms with van der Waals surface area (Å²) < 4.78 is 0. The molecular weight excluding hydrogens is 226 g/mol. The maximum atomic E-state index is 12.5. The lowest BCUT2D eigenvalue weighted by atomic mass is 9.87. The molecule has 0 spiro atoms. The Bertz CT molecular complexity index is 255. The van der Waals surface area contributed by atoms with Crippen LogP contribution in [0.1, 0.15) is 53.4 Å². The van der Waals surface area contributed by atoms with Gasteiger partial charge in [-0.3, -0.25) is 4.79 Å². The predicted molar refractivity (Wildman–Crippen MR) is 74.2 cm³/mol. The van der Waals surface area contributed by atoms with Crippen LogP contribution < -0.4 is 0 Å². The number of carbonyl (C=O) groups excluding carboxylic acids is 1. The number of likely N-dealkylation sites (tertiary alicyclic amines) is 1. The van der Waals surface area contributed by atoms with E-state index in [9.17, 15) is 9.90 Å². The fourth-order valence-electron chi connectivity index (χ4n) is 2.94. The normalized spacial score (nSPS) is 30.3. The lowest BCUT2D eigenvalue weighted by Crippen LogP contribution is -2.51. The monoisotopic (exact) mass is 255 g/mol. The number of aliphatic hydroxyl groups excluding tert-OH is 1. The topological polar surface area (TPSA) is 40.5 Å². The zero-order chi connectivity index (χ0) is 13.7. The lowest BCUT2D eigenvalue weighted by molar-refractivity contribution is -0.141. The summed E-state index contributed by atoms with van der Waals surface area (Å²) in [4.78, 5) is 14.5. The minimum Gasteiger partial charge on any atom is -0.392 e. The van der Waals surface area contributed by atoms with Crippen molar-refractivity contribution in [3.63, 3.8) is 0 Å². The SMILES string of the molecule is CCCC[C@@H](CC)C(=O)N1CC(C)C(O)[C@@H](C)C1. The number of piperidine rings is 1. The first-order valence-corrected chi connectivity index (χ1v) is 7.48. The van der Waals surface area contributed by atoms with Crippen molar-refractivity contribution in [2.24, 2.45) is 17.8 Å². The number of unbranched alkanes of at least 4 members (excludes halogenated alkanes) is 1. The van der Waals surface area contributed by atoms with E-state index in [1.165, 1.54) is 0 Å². The van der Waals surface area contributed by atoms with E-state index in [0.717, 1.165) is 25.7 Å². The average molecular weight is 255 g/mol. The molecule has 1 rings (SSSR count). The molecule has 4 atom stereocenters. The highest BCUT2D eigenvalue weighted by Crippen LogP contribution is 2.25. The molecule has 1 heterocycles. The van der Waals surface area contributed by atoms with Crippen LogP contribution in [-0.2, 0) is 4.79 Å². The first kappa shape index (κ1) is 15.5. The fraction of sp³-hybridized carbons (Fsp3) is 0.933. The van der Waals surface area contributed by atoms with Gasteiger partial charge in [-0.2, -0.15) is 0 Å². The Hall–Kier alpha value is -0.570.